The predicted octanol–water partition coefficient (Wildman–Crippen LogP) is 3.38. The number of aromatic nitrogens is 3. The molecule has 2 aromatic carbocycles. The van der Waals surface area contributed by atoms with Crippen LogP contribution in [0.5, 0.6) is 0 Å². The molecule has 0 fully saturated rings. The van der Waals surface area contributed by atoms with Crippen LogP contribution in [0.4, 0.5) is 0 Å². The van der Waals surface area contributed by atoms with Crippen LogP contribution in [-0.2, 0) is 12.0 Å². The smallest absolute Gasteiger partial charge is 0.116 e. The average molecular weight is 305 g/mol. The molecule has 23 heavy (non-hydrogen) atoms. The summed E-state index contributed by atoms with van der Waals surface area (Å²) in [5, 5.41) is 20.1. The van der Waals surface area contributed by atoms with Crippen LogP contribution in [0.3, 0.4) is 0 Å². The van der Waals surface area contributed by atoms with Crippen LogP contribution < -0.4 is 0 Å². The second-order valence-corrected chi connectivity index (χ2v) is 6.14. The summed E-state index contributed by atoms with van der Waals surface area (Å²) in [7, 11) is 0. The SMILES string of the molecule is C=CC(n1nnc2ccccc21)C1(O)CCCc2ccccc21. The quantitative estimate of drug-likeness (QED) is 0.755. The minimum atomic E-state index is -1.01. The van der Waals surface area contributed by atoms with Gasteiger partial charge in [-0.25, -0.2) is 4.68 Å². The Morgan fingerprint density at radius 3 is 2.83 bits per heavy atom. The van der Waals surface area contributed by atoms with Gasteiger partial charge in [0, 0.05) is 0 Å². The molecule has 1 N–H and O–H groups in total. The van der Waals surface area contributed by atoms with E-state index in [-0.39, 0.29) is 6.04 Å². The lowest BCUT2D eigenvalue weighted by Crippen LogP contribution is -2.39. The Kier molecular flexibility index (Phi) is 3.27. The highest BCUT2D eigenvalue weighted by Gasteiger charge is 2.42. The summed E-state index contributed by atoms with van der Waals surface area (Å²) in [6.45, 7) is 3.97. The second kappa shape index (κ2) is 5.32. The Balaban J connectivity index is 1.89. The van der Waals surface area contributed by atoms with E-state index in [1.54, 1.807) is 10.8 Å². The zero-order valence-corrected chi connectivity index (χ0v) is 12.9. The van der Waals surface area contributed by atoms with Gasteiger partial charge >= 0.3 is 0 Å². The fourth-order valence-corrected chi connectivity index (χ4v) is 3.74. The van der Waals surface area contributed by atoms with Gasteiger partial charge in [0.15, 0.2) is 0 Å². The summed E-state index contributed by atoms with van der Waals surface area (Å²) < 4.78 is 1.80. The Bertz CT molecular complexity index is 870. The normalized spacial score (nSPS) is 21.8. The van der Waals surface area contributed by atoms with Crippen molar-refractivity contribution in [3.8, 4) is 0 Å². The first-order chi connectivity index (χ1) is 11.2. The number of hydrogen-bond acceptors (Lipinski definition) is 3. The molecule has 1 aromatic heterocycles. The second-order valence-electron chi connectivity index (χ2n) is 6.14. The highest BCUT2D eigenvalue weighted by Crippen LogP contribution is 2.43. The van der Waals surface area contributed by atoms with Gasteiger partial charge in [-0.15, -0.1) is 11.7 Å². The van der Waals surface area contributed by atoms with Crippen molar-refractivity contribution >= 4 is 11.0 Å². The largest absolute Gasteiger partial charge is 0.383 e. The zero-order valence-electron chi connectivity index (χ0n) is 12.9. The van der Waals surface area contributed by atoms with E-state index in [0.717, 1.165) is 29.4 Å². The molecule has 0 amide bonds. The van der Waals surface area contributed by atoms with Crippen molar-refractivity contribution in [2.75, 3.05) is 0 Å². The molecule has 0 saturated carbocycles. The molecule has 4 nitrogen and oxygen atoms in total. The van der Waals surface area contributed by atoms with Gasteiger partial charge in [0.25, 0.3) is 0 Å². The maximum atomic E-state index is 11.6. The van der Waals surface area contributed by atoms with Gasteiger partial charge in [0.05, 0.1) is 5.52 Å². The van der Waals surface area contributed by atoms with Gasteiger partial charge in [0.1, 0.15) is 17.2 Å². The maximum absolute atomic E-state index is 11.6. The summed E-state index contributed by atoms with van der Waals surface area (Å²) in [6, 6.07) is 15.6. The molecule has 3 aromatic rings. The standard InChI is InChI=1S/C19H19N3O/c1-2-18(22-17-12-6-5-11-16(17)20-21-22)19(23)13-7-9-14-8-3-4-10-15(14)19/h2-6,8,10-12,18,23H,1,7,9,13H2. The molecule has 116 valence electrons. The molecular formula is C19H19N3O. The Morgan fingerprint density at radius 2 is 1.96 bits per heavy atom. The molecule has 2 atom stereocenters. The van der Waals surface area contributed by atoms with Crippen LogP contribution in [0.15, 0.2) is 61.2 Å². The first kappa shape index (κ1) is 14.2. The third-order valence-electron chi connectivity index (χ3n) is 4.84. The van der Waals surface area contributed by atoms with E-state index in [1.807, 2.05) is 42.5 Å². The maximum Gasteiger partial charge on any atom is 0.116 e. The molecule has 0 spiro atoms. The van der Waals surface area contributed by atoms with Gasteiger partial charge in [-0.2, -0.15) is 0 Å². The lowest BCUT2D eigenvalue weighted by atomic mass is 9.74. The van der Waals surface area contributed by atoms with E-state index in [2.05, 4.69) is 23.0 Å². The van der Waals surface area contributed by atoms with Crippen molar-refractivity contribution in [1.82, 2.24) is 15.0 Å². The van der Waals surface area contributed by atoms with Gasteiger partial charge in [0.2, 0.25) is 0 Å². The molecule has 1 aliphatic rings. The Morgan fingerprint density at radius 1 is 1.17 bits per heavy atom. The molecule has 0 radical (unpaired) electrons. The monoisotopic (exact) mass is 305 g/mol. The number of rotatable bonds is 3. The fraction of sp³-hybridized carbons (Fsp3) is 0.263. The van der Waals surface area contributed by atoms with E-state index in [0.29, 0.717) is 6.42 Å². The Labute approximate surface area is 135 Å². The topological polar surface area (TPSA) is 50.9 Å². The van der Waals surface area contributed by atoms with Crippen LogP contribution in [0, 0.1) is 0 Å². The summed E-state index contributed by atoms with van der Waals surface area (Å²) in [6.07, 6.45) is 4.42. The first-order valence-electron chi connectivity index (χ1n) is 7.97. The highest BCUT2D eigenvalue weighted by molar-refractivity contribution is 5.74. The molecular weight excluding hydrogens is 286 g/mol. The molecule has 0 bridgehead atoms. The first-order valence-corrected chi connectivity index (χ1v) is 7.97. The van der Waals surface area contributed by atoms with E-state index < -0.39 is 5.60 Å². The lowest BCUT2D eigenvalue weighted by molar-refractivity contribution is -0.0193. The highest BCUT2D eigenvalue weighted by atomic mass is 16.3. The van der Waals surface area contributed by atoms with Crippen molar-refractivity contribution in [2.24, 2.45) is 0 Å². The summed E-state index contributed by atoms with van der Waals surface area (Å²) in [5.74, 6) is 0. The minimum absolute atomic E-state index is 0.351. The molecule has 2 unspecified atom stereocenters. The molecule has 4 rings (SSSR count). The number of aryl methyl sites for hydroxylation is 1. The number of nitrogens with zero attached hydrogens (tertiary/aromatic N) is 3. The average Bonchev–Trinajstić information content (AvgIpc) is 3.00. The van der Waals surface area contributed by atoms with Crippen LogP contribution in [0.25, 0.3) is 11.0 Å². The molecule has 0 saturated heterocycles. The zero-order chi connectivity index (χ0) is 15.9. The van der Waals surface area contributed by atoms with Gasteiger partial charge < -0.3 is 5.11 Å². The van der Waals surface area contributed by atoms with E-state index in [1.165, 1.54) is 5.56 Å². The van der Waals surface area contributed by atoms with Crippen molar-refractivity contribution in [1.29, 1.82) is 0 Å². The van der Waals surface area contributed by atoms with Crippen molar-refractivity contribution < 1.29 is 5.11 Å². The fourth-order valence-electron chi connectivity index (χ4n) is 3.74. The van der Waals surface area contributed by atoms with Crippen molar-refractivity contribution in [3.05, 3.63) is 72.3 Å². The molecule has 1 heterocycles. The van der Waals surface area contributed by atoms with Gasteiger partial charge in [-0.1, -0.05) is 47.7 Å². The molecule has 1 aliphatic carbocycles. The number of fused-ring (bicyclic) bond motifs is 2. The third kappa shape index (κ3) is 2.10. The minimum Gasteiger partial charge on any atom is -0.383 e. The Hall–Kier alpha value is -2.46. The molecule has 4 heteroatoms. The van der Waals surface area contributed by atoms with E-state index in [9.17, 15) is 5.11 Å². The predicted molar refractivity (Wildman–Crippen MR) is 90.0 cm³/mol. The lowest BCUT2D eigenvalue weighted by Gasteiger charge is -2.39. The van der Waals surface area contributed by atoms with Gasteiger partial charge in [-0.05, 0) is 42.5 Å². The summed E-state index contributed by atoms with van der Waals surface area (Å²) >= 11 is 0. The van der Waals surface area contributed by atoms with Crippen LogP contribution >= 0.6 is 0 Å². The van der Waals surface area contributed by atoms with Crippen LogP contribution in [0.1, 0.15) is 30.0 Å². The number of aliphatic hydroxyl groups is 1. The van der Waals surface area contributed by atoms with E-state index >= 15 is 0 Å². The summed E-state index contributed by atoms with van der Waals surface area (Å²) in [4.78, 5) is 0. The van der Waals surface area contributed by atoms with Crippen molar-refractivity contribution in [3.63, 3.8) is 0 Å². The van der Waals surface area contributed by atoms with E-state index in [4.69, 9.17) is 0 Å². The summed E-state index contributed by atoms with van der Waals surface area (Å²) in [5.41, 5.74) is 2.92. The van der Waals surface area contributed by atoms with Crippen LogP contribution in [-0.4, -0.2) is 20.1 Å². The third-order valence-corrected chi connectivity index (χ3v) is 4.84. The molecule has 0 aliphatic heterocycles. The number of benzene rings is 2. The van der Waals surface area contributed by atoms with Crippen molar-refractivity contribution in [2.45, 2.75) is 30.9 Å². The number of hydrogen-bond donors (Lipinski definition) is 1. The van der Waals surface area contributed by atoms with Gasteiger partial charge in [-0.3, -0.25) is 0 Å². The number of para-hydroxylation sites is 1. The van der Waals surface area contributed by atoms with Crippen LogP contribution in [0.2, 0.25) is 0 Å².